The zero-order valence-electron chi connectivity index (χ0n) is 8.52. The topological polar surface area (TPSA) is 38.3 Å². The summed E-state index contributed by atoms with van der Waals surface area (Å²) in [5.74, 6) is 0.00403. The van der Waals surface area contributed by atoms with Gasteiger partial charge in [0.1, 0.15) is 0 Å². The summed E-state index contributed by atoms with van der Waals surface area (Å²) in [7, 11) is 0. The number of carbonyl (C=O) groups is 1. The van der Waals surface area contributed by atoms with Gasteiger partial charge in [0.2, 0.25) is 0 Å². The minimum absolute atomic E-state index is 0.00403. The monoisotopic (exact) mass is 183 g/mol. The highest BCUT2D eigenvalue weighted by atomic mass is 16.5. The average Bonchev–Trinajstić information content (AvgIpc) is 2.55. The first-order valence-corrected chi connectivity index (χ1v) is 4.68. The molecular weight excluding hydrogens is 166 g/mol. The van der Waals surface area contributed by atoms with Gasteiger partial charge in [-0.2, -0.15) is 0 Å². The van der Waals surface area contributed by atoms with Gasteiger partial charge >= 0.3 is 0 Å². The van der Waals surface area contributed by atoms with E-state index in [-0.39, 0.29) is 11.4 Å². The SMILES string of the molecule is CCC(C)(C)NC(=O)C1=COCC1. The second kappa shape index (κ2) is 3.81. The van der Waals surface area contributed by atoms with Crippen LogP contribution in [0, 0.1) is 0 Å². The number of ether oxygens (including phenoxy) is 1. The van der Waals surface area contributed by atoms with Gasteiger partial charge in [-0.1, -0.05) is 6.92 Å². The van der Waals surface area contributed by atoms with E-state index in [2.05, 4.69) is 12.2 Å². The molecule has 0 radical (unpaired) electrons. The van der Waals surface area contributed by atoms with E-state index in [0.717, 1.165) is 18.4 Å². The average molecular weight is 183 g/mol. The molecule has 3 nitrogen and oxygen atoms in total. The van der Waals surface area contributed by atoms with Gasteiger partial charge in [-0.05, 0) is 20.3 Å². The molecule has 1 aliphatic rings. The molecule has 0 aromatic rings. The van der Waals surface area contributed by atoms with Crippen molar-refractivity contribution in [2.24, 2.45) is 0 Å². The van der Waals surface area contributed by atoms with Gasteiger partial charge in [-0.3, -0.25) is 4.79 Å². The fourth-order valence-corrected chi connectivity index (χ4v) is 1.03. The molecule has 1 N–H and O–H groups in total. The van der Waals surface area contributed by atoms with Crippen molar-refractivity contribution < 1.29 is 9.53 Å². The van der Waals surface area contributed by atoms with Gasteiger partial charge in [-0.25, -0.2) is 0 Å². The smallest absolute Gasteiger partial charge is 0.250 e. The zero-order chi connectivity index (χ0) is 9.90. The first-order chi connectivity index (χ1) is 6.05. The van der Waals surface area contributed by atoms with Crippen molar-refractivity contribution in [2.45, 2.75) is 39.2 Å². The lowest BCUT2D eigenvalue weighted by molar-refractivity contribution is -0.119. The van der Waals surface area contributed by atoms with E-state index in [1.165, 1.54) is 0 Å². The summed E-state index contributed by atoms with van der Waals surface area (Å²) in [6, 6.07) is 0. The largest absolute Gasteiger partial charge is 0.500 e. The van der Waals surface area contributed by atoms with Crippen molar-refractivity contribution in [3.63, 3.8) is 0 Å². The highest BCUT2D eigenvalue weighted by molar-refractivity contribution is 5.93. The second-order valence-corrected chi connectivity index (χ2v) is 3.96. The maximum Gasteiger partial charge on any atom is 0.250 e. The Morgan fingerprint density at radius 3 is 2.85 bits per heavy atom. The summed E-state index contributed by atoms with van der Waals surface area (Å²) in [6.07, 6.45) is 3.21. The molecule has 0 aliphatic carbocycles. The molecule has 0 unspecified atom stereocenters. The molecule has 0 atom stereocenters. The van der Waals surface area contributed by atoms with E-state index in [1.807, 2.05) is 13.8 Å². The number of hydrogen-bond donors (Lipinski definition) is 1. The lowest BCUT2D eigenvalue weighted by Crippen LogP contribution is -2.43. The number of amides is 1. The van der Waals surface area contributed by atoms with Crippen LogP contribution in [0.25, 0.3) is 0 Å². The van der Waals surface area contributed by atoms with Crippen LogP contribution in [-0.4, -0.2) is 18.1 Å². The fraction of sp³-hybridized carbons (Fsp3) is 0.700. The summed E-state index contributed by atoms with van der Waals surface area (Å²) in [5.41, 5.74) is 0.627. The zero-order valence-corrected chi connectivity index (χ0v) is 8.52. The Kier molecular flexibility index (Phi) is 2.96. The Morgan fingerprint density at radius 1 is 1.69 bits per heavy atom. The van der Waals surface area contributed by atoms with E-state index in [1.54, 1.807) is 6.26 Å². The first-order valence-electron chi connectivity index (χ1n) is 4.68. The number of nitrogens with one attached hydrogen (secondary N) is 1. The normalized spacial score (nSPS) is 16.4. The second-order valence-electron chi connectivity index (χ2n) is 3.96. The van der Waals surface area contributed by atoms with Gasteiger partial charge in [-0.15, -0.1) is 0 Å². The third-order valence-electron chi connectivity index (χ3n) is 2.34. The predicted octanol–water partition coefficient (Wildman–Crippen LogP) is 1.60. The van der Waals surface area contributed by atoms with Crippen LogP contribution in [0.5, 0.6) is 0 Å². The molecule has 0 aromatic carbocycles. The maximum atomic E-state index is 11.6. The molecule has 0 aromatic heterocycles. The molecule has 13 heavy (non-hydrogen) atoms. The van der Waals surface area contributed by atoms with Crippen molar-refractivity contribution in [3.8, 4) is 0 Å². The summed E-state index contributed by atoms with van der Waals surface area (Å²) in [4.78, 5) is 11.6. The highest BCUT2D eigenvalue weighted by Gasteiger charge is 2.21. The van der Waals surface area contributed by atoms with Crippen LogP contribution in [0.3, 0.4) is 0 Å². The molecule has 1 heterocycles. The van der Waals surface area contributed by atoms with Crippen LogP contribution in [0.15, 0.2) is 11.8 Å². The number of rotatable bonds is 3. The maximum absolute atomic E-state index is 11.6. The van der Waals surface area contributed by atoms with E-state index >= 15 is 0 Å². The number of hydrogen-bond acceptors (Lipinski definition) is 2. The van der Waals surface area contributed by atoms with Crippen LogP contribution >= 0.6 is 0 Å². The Hall–Kier alpha value is -0.990. The molecule has 1 aliphatic heterocycles. The van der Waals surface area contributed by atoms with E-state index < -0.39 is 0 Å². The predicted molar refractivity (Wildman–Crippen MR) is 51.2 cm³/mol. The molecule has 74 valence electrons. The van der Waals surface area contributed by atoms with Gasteiger partial charge in [0, 0.05) is 12.0 Å². The third-order valence-corrected chi connectivity index (χ3v) is 2.34. The molecule has 3 heteroatoms. The Bertz CT molecular complexity index is 231. The molecule has 1 amide bonds. The summed E-state index contributed by atoms with van der Waals surface area (Å²) < 4.78 is 5.00. The summed E-state index contributed by atoms with van der Waals surface area (Å²) >= 11 is 0. The lowest BCUT2D eigenvalue weighted by atomic mass is 10.0. The lowest BCUT2D eigenvalue weighted by Gasteiger charge is -2.24. The fourth-order valence-electron chi connectivity index (χ4n) is 1.03. The molecule has 0 fully saturated rings. The molecule has 0 saturated carbocycles. The van der Waals surface area contributed by atoms with Gasteiger partial charge in [0.05, 0.1) is 18.4 Å². The van der Waals surface area contributed by atoms with Crippen LogP contribution in [0.4, 0.5) is 0 Å². The minimum atomic E-state index is -0.124. The molecule has 1 rings (SSSR count). The van der Waals surface area contributed by atoms with Crippen LogP contribution < -0.4 is 5.32 Å². The van der Waals surface area contributed by atoms with Crippen molar-refractivity contribution in [1.82, 2.24) is 5.32 Å². The molecular formula is C10H17NO2. The van der Waals surface area contributed by atoms with Crippen molar-refractivity contribution in [1.29, 1.82) is 0 Å². The Morgan fingerprint density at radius 2 is 2.38 bits per heavy atom. The molecule has 0 spiro atoms. The quantitative estimate of drug-likeness (QED) is 0.721. The van der Waals surface area contributed by atoms with E-state index in [9.17, 15) is 4.79 Å². The van der Waals surface area contributed by atoms with Crippen LogP contribution in [0.1, 0.15) is 33.6 Å². The van der Waals surface area contributed by atoms with Crippen molar-refractivity contribution in [3.05, 3.63) is 11.8 Å². The van der Waals surface area contributed by atoms with E-state index in [4.69, 9.17) is 4.74 Å². The van der Waals surface area contributed by atoms with Crippen molar-refractivity contribution in [2.75, 3.05) is 6.61 Å². The Labute approximate surface area is 79.2 Å². The van der Waals surface area contributed by atoms with Crippen LogP contribution in [-0.2, 0) is 9.53 Å². The van der Waals surface area contributed by atoms with Crippen molar-refractivity contribution >= 4 is 5.91 Å². The summed E-state index contributed by atoms with van der Waals surface area (Å²) in [5, 5.41) is 2.96. The van der Waals surface area contributed by atoms with Gasteiger partial charge in [0.15, 0.2) is 0 Å². The minimum Gasteiger partial charge on any atom is -0.500 e. The molecule has 0 bridgehead atoms. The Balaban J connectivity index is 2.50. The summed E-state index contributed by atoms with van der Waals surface area (Å²) in [6.45, 7) is 6.72. The van der Waals surface area contributed by atoms with Gasteiger partial charge < -0.3 is 10.1 Å². The highest BCUT2D eigenvalue weighted by Crippen LogP contribution is 2.13. The standard InChI is InChI=1S/C10H17NO2/c1-4-10(2,3)11-9(12)8-5-6-13-7-8/h7H,4-6H2,1-3H3,(H,11,12). The number of carbonyl (C=O) groups excluding carboxylic acids is 1. The third kappa shape index (κ3) is 2.76. The van der Waals surface area contributed by atoms with Gasteiger partial charge in [0.25, 0.3) is 5.91 Å². The molecule has 0 saturated heterocycles. The van der Waals surface area contributed by atoms with Crippen LogP contribution in [0.2, 0.25) is 0 Å². The van der Waals surface area contributed by atoms with E-state index in [0.29, 0.717) is 6.61 Å². The first kappa shape index (κ1) is 10.1.